The average Bonchev–Trinajstić information content (AvgIpc) is 2.78. The summed E-state index contributed by atoms with van der Waals surface area (Å²) in [5.74, 6) is -1.33. The molecule has 1 atom stereocenters. The Labute approximate surface area is 192 Å². The van der Waals surface area contributed by atoms with Crippen LogP contribution in [-0.4, -0.2) is 18.0 Å². The first-order valence-corrected chi connectivity index (χ1v) is 10.00. The molecule has 6 nitrogen and oxygen atoms in total. The third-order valence-electron chi connectivity index (χ3n) is 4.84. The van der Waals surface area contributed by atoms with E-state index >= 15 is 0 Å². The summed E-state index contributed by atoms with van der Waals surface area (Å²) in [5.41, 5.74) is 8.03. The SMILES string of the molecule is CN/N=C(\N=N)NC(Cc1ccccc1)(c1cc(F)cc(C(F)(F)F)c1)c1ccc(Cl)cn1. The van der Waals surface area contributed by atoms with Crippen LogP contribution in [0.1, 0.15) is 22.4 Å². The number of benzene rings is 2. The first-order chi connectivity index (χ1) is 15.7. The van der Waals surface area contributed by atoms with Crippen molar-refractivity contribution in [1.82, 2.24) is 15.7 Å². The highest BCUT2D eigenvalue weighted by Crippen LogP contribution is 2.38. The van der Waals surface area contributed by atoms with Gasteiger partial charge in [-0.2, -0.15) is 13.2 Å². The van der Waals surface area contributed by atoms with Crippen molar-refractivity contribution in [2.45, 2.75) is 18.1 Å². The Kier molecular flexibility index (Phi) is 7.27. The van der Waals surface area contributed by atoms with E-state index in [0.29, 0.717) is 16.7 Å². The first kappa shape index (κ1) is 24.1. The second kappa shape index (κ2) is 9.95. The standard InChI is InChI=1S/C22H19ClF4N6/c1-29-33-20(32-28)31-21(12-14-5-3-2-4-6-14,19-8-7-17(23)13-30-19)15-9-16(22(25,26)27)11-18(24)10-15/h2-11,13,28-29H,12H2,1H3,(H,31,33). The number of nitrogens with one attached hydrogen (secondary N) is 3. The lowest BCUT2D eigenvalue weighted by molar-refractivity contribution is -0.137. The minimum atomic E-state index is -4.79. The summed E-state index contributed by atoms with van der Waals surface area (Å²) in [7, 11) is 1.47. The van der Waals surface area contributed by atoms with Gasteiger partial charge >= 0.3 is 6.18 Å². The van der Waals surface area contributed by atoms with Gasteiger partial charge in [-0.15, -0.1) is 10.2 Å². The Bertz CT molecular complexity index is 1140. The van der Waals surface area contributed by atoms with Gasteiger partial charge in [0.15, 0.2) is 0 Å². The maximum atomic E-state index is 14.5. The second-order valence-electron chi connectivity index (χ2n) is 7.05. The van der Waals surface area contributed by atoms with Crippen LogP contribution in [0.3, 0.4) is 0 Å². The summed E-state index contributed by atoms with van der Waals surface area (Å²) in [6.07, 6.45) is -3.43. The normalized spacial score (nSPS) is 13.8. The van der Waals surface area contributed by atoms with Gasteiger partial charge in [0.05, 0.1) is 16.3 Å². The van der Waals surface area contributed by atoms with Crippen LogP contribution in [-0.2, 0) is 18.1 Å². The van der Waals surface area contributed by atoms with Crippen LogP contribution in [0.5, 0.6) is 0 Å². The number of guanidine groups is 1. The molecule has 3 N–H and O–H groups in total. The van der Waals surface area contributed by atoms with Gasteiger partial charge in [-0.1, -0.05) is 41.9 Å². The van der Waals surface area contributed by atoms with Gasteiger partial charge in [0.25, 0.3) is 5.96 Å². The van der Waals surface area contributed by atoms with E-state index < -0.39 is 23.1 Å². The molecule has 0 saturated heterocycles. The number of alkyl halides is 3. The summed E-state index contributed by atoms with van der Waals surface area (Å²) in [6.45, 7) is 0. The van der Waals surface area contributed by atoms with Gasteiger partial charge in [0.1, 0.15) is 11.4 Å². The zero-order valence-corrected chi connectivity index (χ0v) is 18.0. The smallest absolute Gasteiger partial charge is 0.336 e. The summed E-state index contributed by atoms with van der Waals surface area (Å²) >= 11 is 5.99. The molecule has 1 heterocycles. The number of pyridine rings is 1. The lowest BCUT2D eigenvalue weighted by Gasteiger charge is -2.36. The number of aromatic nitrogens is 1. The summed E-state index contributed by atoms with van der Waals surface area (Å²) in [4.78, 5) is 4.32. The van der Waals surface area contributed by atoms with Crippen molar-refractivity contribution in [3.63, 3.8) is 0 Å². The lowest BCUT2D eigenvalue weighted by Crippen LogP contribution is -2.49. The summed E-state index contributed by atoms with van der Waals surface area (Å²) in [6, 6.07) is 14.1. The van der Waals surface area contributed by atoms with Crippen molar-refractivity contribution in [3.05, 3.63) is 100 Å². The number of rotatable bonds is 6. The molecule has 3 rings (SSSR count). The Balaban J connectivity index is 2.35. The molecule has 11 heteroatoms. The molecule has 0 saturated carbocycles. The molecule has 1 aromatic heterocycles. The Hall–Kier alpha value is -3.53. The third kappa shape index (κ3) is 5.64. The quantitative estimate of drug-likeness (QED) is 0.144. The van der Waals surface area contributed by atoms with Gasteiger partial charge in [-0.3, -0.25) is 4.98 Å². The van der Waals surface area contributed by atoms with Crippen LogP contribution in [0.4, 0.5) is 17.6 Å². The maximum absolute atomic E-state index is 14.5. The minimum Gasteiger partial charge on any atom is -0.336 e. The van der Waals surface area contributed by atoms with Crippen molar-refractivity contribution in [1.29, 1.82) is 5.53 Å². The fraction of sp³-hybridized carbons (Fsp3) is 0.182. The number of hydrogen-bond donors (Lipinski definition) is 3. The van der Waals surface area contributed by atoms with E-state index in [-0.39, 0.29) is 23.6 Å². The van der Waals surface area contributed by atoms with E-state index in [1.165, 1.54) is 25.4 Å². The van der Waals surface area contributed by atoms with Gasteiger partial charge in [0.2, 0.25) is 0 Å². The van der Waals surface area contributed by atoms with Crippen molar-refractivity contribution in [2.24, 2.45) is 10.2 Å². The van der Waals surface area contributed by atoms with Crippen molar-refractivity contribution < 1.29 is 17.6 Å². The van der Waals surface area contributed by atoms with Crippen LogP contribution >= 0.6 is 11.6 Å². The molecule has 0 aliphatic heterocycles. The molecule has 0 spiro atoms. The maximum Gasteiger partial charge on any atom is 0.416 e. The van der Waals surface area contributed by atoms with Gasteiger partial charge in [0, 0.05) is 19.7 Å². The fourth-order valence-electron chi connectivity index (χ4n) is 3.43. The van der Waals surface area contributed by atoms with Crippen molar-refractivity contribution >= 4 is 17.6 Å². The molecule has 33 heavy (non-hydrogen) atoms. The molecule has 3 aromatic rings. The van der Waals surface area contributed by atoms with E-state index in [9.17, 15) is 17.6 Å². The fourth-order valence-corrected chi connectivity index (χ4v) is 3.54. The minimum absolute atomic E-state index is 0.0292. The van der Waals surface area contributed by atoms with Crippen LogP contribution in [0.15, 0.2) is 77.1 Å². The van der Waals surface area contributed by atoms with Gasteiger partial charge in [-0.25, -0.2) is 9.92 Å². The molecule has 0 amide bonds. The zero-order valence-electron chi connectivity index (χ0n) is 17.3. The largest absolute Gasteiger partial charge is 0.416 e. The molecule has 0 fully saturated rings. The molecule has 1 unspecified atom stereocenters. The van der Waals surface area contributed by atoms with Crippen LogP contribution in [0.2, 0.25) is 5.02 Å². The Morgan fingerprint density at radius 3 is 2.33 bits per heavy atom. The highest BCUT2D eigenvalue weighted by atomic mass is 35.5. The number of nitrogens with zero attached hydrogens (tertiary/aromatic N) is 3. The van der Waals surface area contributed by atoms with Crippen LogP contribution in [0, 0.1) is 11.3 Å². The number of hydrogen-bond acceptors (Lipinski definition) is 4. The van der Waals surface area contributed by atoms with E-state index in [2.05, 4.69) is 25.9 Å². The lowest BCUT2D eigenvalue weighted by atomic mass is 9.79. The molecule has 0 radical (unpaired) electrons. The predicted molar refractivity (Wildman–Crippen MR) is 116 cm³/mol. The average molecular weight is 479 g/mol. The second-order valence-corrected chi connectivity index (χ2v) is 7.49. The molecule has 0 aliphatic rings. The van der Waals surface area contributed by atoms with Crippen molar-refractivity contribution in [2.75, 3.05) is 7.05 Å². The van der Waals surface area contributed by atoms with E-state index in [4.69, 9.17) is 17.1 Å². The highest BCUT2D eigenvalue weighted by Gasteiger charge is 2.40. The Morgan fingerprint density at radius 1 is 1.06 bits per heavy atom. The molecule has 0 bridgehead atoms. The topological polar surface area (TPSA) is 85.5 Å². The molecular weight excluding hydrogens is 460 g/mol. The summed E-state index contributed by atoms with van der Waals surface area (Å²) in [5, 5.41) is 10.4. The van der Waals surface area contributed by atoms with E-state index in [1.54, 1.807) is 30.3 Å². The number of halogens is 5. The molecular formula is C22H19ClF4N6. The van der Waals surface area contributed by atoms with E-state index in [1.807, 2.05) is 0 Å². The Morgan fingerprint density at radius 2 is 1.76 bits per heavy atom. The molecule has 172 valence electrons. The first-order valence-electron chi connectivity index (χ1n) is 9.62. The molecule has 2 aromatic carbocycles. The predicted octanol–water partition coefficient (Wildman–Crippen LogP) is 5.49. The van der Waals surface area contributed by atoms with E-state index in [0.717, 1.165) is 12.1 Å². The van der Waals surface area contributed by atoms with Crippen molar-refractivity contribution in [3.8, 4) is 0 Å². The monoisotopic (exact) mass is 478 g/mol. The van der Waals surface area contributed by atoms with Crippen LogP contribution in [0.25, 0.3) is 0 Å². The highest BCUT2D eigenvalue weighted by molar-refractivity contribution is 6.30. The van der Waals surface area contributed by atoms with Crippen LogP contribution < -0.4 is 10.7 Å². The molecule has 0 aliphatic carbocycles. The summed E-state index contributed by atoms with van der Waals surface area (Å²) < 4.78 is 55.2. The third-order valence-corrected chi connectivity index (χ3v) is 5.07. The zero-order chi connectivity index (χ0) is 24.1. The van der Waals surface area contributed by atoms with Gasteiger partial charge < -0.3 is 10.7 Å². The van der Waals surface area contributed by atoms with Gasteiger partial charge in [-0.05, 0) is 41.5 Å². The number of hydrazone groups is 1.